The van der Waals surface area contributed by atoms with Gasteiger partial charge >= 0.3 is 0 Å². The SMILES string of the molecule is NOCCc1cccc(OC2CCSC2)c1. The van der Waals surface area contributed by atoms with Gasteiger partial charge in [0.1, 0.15) is 11.9 Å². The first-order valence-corrected chi connectivity index (χ1v) is 6.69. The summed E-state index contributed by atoms with van der Waals surface area (Å²) >= 11 is 1.96. The highest BCUT2D eigenvalue weighted by atomic mass is 32.2. The van der Waals surface area contributed by atoms with Crippen LogP contribution in [-0.4, -0.2) is 24.2 Å². The quantitative estimate of drug-likeness (QED) is 0.798. The number of nitrogens with two attached hydrogens (primary N) is 1. The predicted molar refractivity (Wildman–Crippen MR) is 66.6 cm³/mol. The van der Waals surface area contributed by atoms with Crippen LogP contribution in [0.3, 0.4) is 0 Å². The molecule has 3 nitrogen and oxygen atoms in total. The molecule has 1 aromatic carbocycles. The van der Waals surface area contributed by atoms with Crippen LogP contribution in [0.1, 0.15) is 12.0 Å². The molecule has 88 valence electrons. The molecule has 2 rings (SSSR count). The molecule has 1 aliphatic heterocycles. The van der Waals surface area contributed by atoms with Gasteiger partial charge in [-0.2, -0.15) is 11.8 Å². The molecule has 0 aliphatic carbocycles. The first-order valence-electron chi connectivity index (χ1n) is 5.53. The van der Waals surface area contributed by atoms with E-state index in [1.165, 1.54) is 11.3 Å². The highest BCUT2D eigenvalue weighted by molar-refractivity contribution is 7.99. The molecular weight excluding hydrogens is 222 g/mol. The molecule has 0 aromatic heterocycles. The van der Waals surface area contributed by atoms with Gasteiger partial charge in [-0.05, 0) is 36.3 Å². The summed E-state index contributed by atoms with van der Waals surface area (Å²) in [5.74, 6) is 8.29. The summed E-state index contributed by atoms with van der Waals surface area (Å²) in [6.45, 7) is 0.544. The summed E-state index contributed by atoms with van der Waals surface area (Å²) in [6, 6.07) is 8.16. The molecule has 1 unspecified atom stereocenters. The molecule has 1 aliphatic rings. The predicted octanol–water partition coefficient (Wildman–Crippen LogP) is 2.00. The standard InChI is InChI=1S/C12H17NO2S/c13-14-6-4-10-2-1-3-11(8-10)15-12-5-7-16-9-12/h1-3,8,12H,4-7,9,13H2. The first-order chi connectivity index (χ1) is 7.88. The smallest absolute Gasteiger partial charge is 0.120 e. The highest BCUT2D eigenvalue weighted by Gasteiger charge is 2.16. The summed E-state index contributed by atoms with van der Waals surface area (Å²) in [5, 5.41) is 0. The van der Waals surface area contributed by atoms with Crippen LogP contribution in [0.2, 0.25) is 0 Å². The maximum Gasteiger partial charge on any atom is 0.120 e. The molecule has 0 radical (unpaired) electrons. The van der Waals surface area contributed by atoms with E-state index in [9.17, 15) is 0 Å². The zero-order valence-electron chi connectivity index (χ0n) is 9.22. The van der Waals surface area contributed by atoms with Gasteiger partial charge in [0.25, 0.3) is 0 Å². The Labute approximate surface area is 100 Å². The molecule has 0 saturated carbocycles. The van der Waals surface area contributed by atoms with Crippen LogP contribution in [0.5, 0.6) is 5.75 Å². The average Bonchev–Trinajstić information content (AvgIpc) is 2.80. The second-order valence-corrected chi connectivity index (χ2v) is 5.02. The van der Waals surface area contributed by atoms with Gasteiger partial charge in [-0.15, -0.1) is 0 Å². The van der Waals surface area contributed by atoms with E-state index in [0.29, 0.717) is 12.7 Å². The lowest BCUT2D eigenvalue weighted by molar-refractivity contribution is 0.141. The number of thioether (sulfide) groups is 1. The third kappa shape index (κ3) is 3.40. The fourth-order valence-corrected chi connectivity index (χ4v) is 2.84. The number of rotatable bonds is 5. The Hall–Kier alpha value is -0.710. The maximum atomic E-state index is 5.90. The molecule has 0 amide bonds. The number of benzene rings is 1. The molecular formula is C12H17NO2S. The lowest BCUT2D eigenvalue weighted by atomic mass is 10.1. The van der Waals surface area contributed by atoms with Crippen LogP contribution in [0.15, 0.2) is 24.3 Å². The molecule has 1 heterocycles. The van der Waals surface area contributed by atoms with Gasteiger partial charge in [0.05, 0.1) is 6.61 Å². The van der Waals surface area contributed by atoms with Gasteiger partial charge < -0.3 is 9.57 Å². The van der Waals surface area contributed by atoms with E-state index in [1.54, 1.807) is 0 Å². The Bertz CT molecular complexity index is 327. The Morgan fingerprint density at radius 2 is 2.38 bits per heavy atom. The van der Waals surface area contributed by atoms with Crippen molar-refractivity contribution in [3.63, 3.8) is 0 Å². The minimum atomic E-state index is 0.381. The van der Waals surface area contributed by atoms with Crippen LogP contribution in [-0.2, 0) is 11.3 Å². The first kappa shape index (κ1) is 11.8. The van der Waals surface area contributed by atoms with Crippen LogP contribution < -0.4 is 10.6 Å². The zero-order valence-corrected chi connectivity index (χ0v) is 10.0. The highest BCUT2D eigenvalue weighted by Crippen LogP contribution is 2.23. The van der Waals surface area contributed by atoms with Crippen LogP contribution in [0.25, 0.3) is 0 Å². The van der Waals surface area contributed by atoms with E-state index in [2.05, 4.69) is 17.0 Å². The minimum absolute atomic E-state index is 0.381. The van der Waals surface area contributed by atoms with Crippen LogP contribution >= 0.6 is 11.8 Å². The van der Waals surface area contributed by atoms with E-state index in [0.717, 1.165) is 24.3 Å². The van der Waals surface area contributed by atoms with Gasteiger partial charge in [-0.1, -0.05) is 12.1 Å². The van der Waals surface area contributed by atoms with E-state index in [-0.39, 0.29) is 0 Å². The van der Waals surface area contributed by atoms with Crippen molar-refractivity contribution in [2.24, 2.45) is 5.90 Å². The average molecular weight is 239 g/mol. The Kier molecular flexibility index (Phi) is 4.51. The van der Waals surface area contributed by atoms with Crippen LogP contribution in [0, 0.1) is 0 Å². The molecule has 1 saturated heterocycles. The fourth-order valence-electron chi connectivity index (χ4n) is 1.75. The van der Waals surface area contributed by atoms with E-state index < -0.39 is 0 Å². The summed E-state index contributed by atoms with van der Waals surface area (Å²) in [6.07, 6.45) is 2.36. The third-order valence-corrected chi connectivity index (χ3v) is 3.73. The molecule has 16 heavy (non-hydrogen) atoms. The Balaban J connectivity index is 1.92. The number of hydrogen-bond acceptors (Lipinski definition) is 4. The van der Waals surface area contributed by atoms with E-state index in [4.69, 9.17) is 10.6 Å². The molecule has 0 spiro atoms. The van der Waals surface area contributed by atoms with Gasteiger partial charge in [-0.25, -0.2) is 5.90 Å². The van der Waals surface area contributed by atoms with Gasteiger partial charge in [0, 0.05) is 5.75 Å². The van der Waals surface area contributed by atoms with Crippen molar-refractivity contribution in [1.82, 2.24) is 0 Å². The minimum Gasteiger partial charge on any atom is -0.490 e. The molecule has 1 aromatic rings. The molecule has 0 bridgehead atoms. The van der Waals surface area contributed by atoms with Crippen LogP contribution in [0.4, 0.5) is 0 Å². The summed E-state index contributed by atoms with van der Waals surface area (Å²) in [4.78, 5) is 4.57. The van der Waals surface area contributed by atoms with Gasteiger partial charge in [-0.3, -0.25) is 0 Å². The number of ether oxygens (including phenoxy) is 1. The third-order valence-electron chi connectivity index (χ3n) is 2.60. The monoisotopic (exact) mass is 239 g/mol. The van der Waals surface area contributed by atoms with E-state index >= 15 is 0 Å². The summed E-state index contributed by atoms with van der Waals surface area (Å²) in [5.41, 5.74) is 1.20. The van der Waals surface area contributed by atoms with Crippen molar-refractivity contribution >= 4 is 11.8 Å². The fraction of sp³-hybridized carbons (Fsp3) is 0.500. The van der Waals surface area contributed by atoms with Crippen molar-refractivity contribution in [1.29, 1.82) is 0 Å². The summed E-state index contributed by atoms with van der Waals surface area (Å²) in [7, 11) is 0. The van der Waals surface area contributed by atoms with Crippen molar-refractivity contribution in [3.05, 3.63) is 29.8 Å². The lowest BCUT2D eigenvalue weighted by Gasteiger charge is -2.13. The largest absolute Gasteiger partial charge is 0.490 e. The number of hydrogen-bond donors (Lipinski definition) is 1. The molecule has 2 N–H and O–H groups in total. The van der Waals surface area contributed by atoms with Gasteiger partial charge in [0.15, 0.2) is 0 Å². The Morgan fingerprint density at radius 3 is 3.12 bits per heavy atom. The second kappa shape index (κ2) is 6.13. The van der Waals surface area contributed by atoms with Crippen molar-refractivity contribution in [3.8, 4) is 5.75 Å². The molecule has 1 atom stereocenters. The van der Waals surface area contributed by atoms with Crippen molar-refractivity contribution in [2.45, 2.75) is 18.9 Å². The second-order valence-electron chi connectivity index (χ2n) is 3.87. The maximum absolute atomic E-state index is 5.90. The lowest BCUT2D eigenvalue weighted by Crippen LogP contribution is -2.14. The molecule has 4 heteroatoms. The Morgan fingerprint density at radius 1 is 1.44 bits per heavy atom. The van der Waals surface area contributed by atoms with Crippen molar-refractivity contribution < 1.29 is 9.57 Å². The normalized spacial score (nSPS) is 19.9. The van der Waals surface area contributed by atoms with E-state index in [1.807, 2.05) is 23.9 Å². The molecule has 1 fully saturated rings. The zero-order chi connectivity index (χ0) is 11.2. The summed E-state index contributed by atoms with van der Waals surface area (Å²) < 4.78 is 5.90. The van der Waals surface area contributed by atoms with Gasteiger partial charge in [0.2, 0.25) is 0 Å². The topological polar surface area (TPSA) is 44.5 Å². The van der Waals surface area contributed by atoms with Crippen molar-refractivity contribution in [2.75, 3.05) is 18.1 Å².